The number of fused-ring (bicyclic) bond motifs is 1. The van der Waals surface area contributed by atoms with Crippen molar-refractivity contribution in [3.05, 3.63) is 28.5 Å². The lowest BCUT2D eigenvalue weighted by atomic mass is 10.2. The van der Waals surface area contributed by atoms with Crippen LogP contribution in [-0.2, 0) is 6.54 Å². The normalized spacial score (nSPS) is 10.8. The quantitative estimate of drug-likeness (QED) is 0.905. The number of aryl methyl sites for hydroxylation is 1. The van der Waals surface area contributed by atoms with E-state index < -0.39 is 5.97 Å². The topological polar surface area (TPSA) is 84.2 Å². The summed E-state index contributed by atoms with van der Waals surface area (Å²) in [6.45, 7) is 2.46. The molecule has 0 bridgehead atoms. The average molecular weight is 296 g/mol. The van der Waals surface area contributed by atoms with E-state index in [1.54, 1.807) is 10.6 Å². The number of carboxylic acid groups (broad SMARTS) is 1. The van der Waals surface area contributed by atoms with E-state index >= 15 is 0 Å². The third-order valence-corrected chi connectivity index (χ3v) is 3.26. The summed E-state index contributed by atoms with van der Waals surface area (Å²) in [6, 6.07) is 3.09. The van der Waals surface area contributed by atoms with Crippen LogP contribution in [0.3, 0.4) is 0 Å². The van der Waals surface area contributed by atoms with Crippen LogP contribution in [0.1, 0.15) is 34.3 Å². The monoisotopic (exact) mass is 295 g/mol. The van der Waals surface area contributed by atoms with Gasteiger partial charge >= 0.3 is 5.97 Å². The Balaban J connectivity index is 2.71. The van der Waals surface area contributed by atoms with Crippen LogP contribution in [0.25, 0.3) is 11.0 Å². The van der Waals surface area contributed by atoms with Crippen molar-refractivity contribution < 1.29 is 14.7 Å². The maximum atomic E-state index is 11.7. The molecule has 1 aromatic carbocycles. The van der Waals surface area contributed by atoms with Crippen LogP contribution in [0.4, 0.5) is 0 Å². The van der Waals surface area contributed by atoms with Crippen LogP contribution in [-0.4, -0.2) is 33.6 Å². The average Bonchev–Trinajstić information content (AvgIpc) is 2.76. The largest absolute Gasteiger partial charge is 0.475 e. The highest BCUT2D eigenvalue weighted by Crippen LogP contribution is 2.25. The molecule has 2 aromatic rings. The van der Waals surface area contributed by atoms with Crippen LogP contribution >= 0.6 is 11.6 Å². The number of carbonyl (C=O) groups excluding carboxylic acids is 1. The van der Waals surface area contributed by atoms with Crippen molar-refractivity contribution in [2.75, 3.05) is 7.05 Å². The summed E-state index contributed by atoms with van der Waals surface area (Å²) in [4.78, 5) is 27.0. The number of nitrogens with zero attached hydrogens (tertiary/aromatic N) is 2. The number of amides is 1. The summed E-state index contributed by atoms with van der Waals surface area (Å²) in [7, 11) is 1.50. The first-order valence-electron chi connectivity index (χ1n) is 6.14. The highest BCUT2D eigenvalue weighted by atomic mass is 35.5. The summed E-state index contributed by atoms with van der Waals surface area (Å²) in [5, 5.41) is 11.9. The van der Waals surface area contributed by atoms with Gasteiger partial charge < -0.3 is 15.0 Å². The molecule has 0 radical (unpaired) electrons. The highest BCUT2D eigenvalue weighted by molar-refractivity contribution is 6.34. The Kier molecular flexibility index (Phi) is 3.94. The third-order valence-electron chi connectivity index (χ3n) is 2.95. The van der Waals surface area contributed by atoms with Gasteiger partial charge in [0.15, 0.2) is 0 Å². The van der Waals surface area contributed by atoms with Crippen molar-refractivity contribution in [2.24, 2.45) is 0 Å². The summed E-state index contributed by atoms with van der Waals surface area (Å²) in [6.07, 6.45) is 0.764. The fraction of sp³-hybridized carbons (Fsp3) is 0.308. The molecule has 0 atom stereocenters. The Morgan fingerprint density at radius 2 is 2.15 bits per heavy atom. The zero-order chi connectivity index (χ0) is 14.9. The first kappa shape index (κ1) is 14.3. The molecule has 2 rings (SSSR count). The first-order chi connectivity index (χ1) is 9.49. The Hall–Kier alpha value is -2.08. The van der Waals surface area contributed by atoms with E-state index in [4.69, 9.17) is 11.6 Å². The number of aromatic nitrogens is 2. The molecule has 1 aromatic heterocycles. The van der Waals surface area contributed by atoms with E-state index in [0.717, 1.165) is 6.42 Å². The predicted molar refractivity (Wildman–Crippen MR) is 75.4 cm³/mol. The summed E-state index contributed by atoms with van der Waals surface area (Å²) >= 11 is 6.09. The van der Waals surface area contributed by atoms with Gasteiger partial charge in [-0.1, -0.05) is 18.5 Å². The van der Waals surface area contributed by atoms with Gasteiger partial charge in [-0.2, -0.15) is 0 Å². The van der Waals surface area contributed by atoms with E-state index in [1.165, 1.54) is 13.1 Å². The van der Waals surface area contributed by atoms with E-state index in [1.807, 2.05) is 6.92 Å². The summed E-state index contributed by atoms with van der Waals surface area (Å²) in [5.74, 6) is -1.49. The fourth-order valence-corrected chi connectivity index (χ4v) is 2.31. The van der Waals surface area contributed by atoms with Gasteiger partial charge in [-0.3, -0.25) is 4.79 Å². The molecule has 20 heavy (non-hydrogen) atoms. The maximum Gasteiger partial charge on any atom is 0.372 e. The second kappa shape index (κ2) is 5.50. The van der Waals surface area contributed by atoms with Gasteiger partial charge in [0.2, 0.25) is 5.82 Å². The zero-order valence-corrected chi connectivity index (χ0v) is 11.9. The number of aromatic carboxylic acids is 1. The number of benzene rings is 1. The minimum absolute atomic E-state index is 0.0491. The molecule has 0 saturated carbocycles. The number of rotatable bonds is 4. The molecule has 2 N–H and O–H groups in total. The Labute approximate surface area is 120 Å². The smallest absolute Gasteiger partial charge is 0.372 e. The minimum atomic E-state index is -1.10. The number of hydrogen-bond acceptors (Lipinski definition) is 3. The molecule has 7 heteroatoms. The van der Waals surface area contributed by atoms with Crippen LogP contribution < -0.4 is 5.32 Å². The van der Waals surface area contributed by atoms with Crippen molar-refractivity contribution in [2.45, 2.75) is 19.9 Å². The lowest BCUT2D eigenvalue weighted by Gasteiger charge is -2.06. The Morgan fingerprint density at radius 3 is 2.70 bits per heavy atom. The molecular formula is C13H14ClN3O3. The van der Waals surface area contributed by atoms with Gasteiger partial charge in [0, 0.05) is 13.6 Å². The summed E-state index contributed by atoms with van der Waals surface area (Å²) < 4.78 is 1.59. The lowest BCUT2D eigenvalue weighted by molar-refractivity contribution is 0.0678. The minimum Gasteiger partial charge on any atom is -0.475 e. The fourth-order valence-electron chi connectivity index (χ4n) is 2.07. The number of hydrogen-bond donors (Lipinski definition) is 2. The van der Waals surface area contributed by atoms with Crippen molar-refractivity contribution >= 4 is 34.5 Å². The van der Waals surface area contributed by atoms with Crippen LogP contribution in [0.15, 0.2) is 12.1 Å². The standard InChI is InChI=1S/C13H14ClN3O3/c1-3-4-17-10-6-8(14)7(12(18)15-2)5-9(10)16-11(17)13(19)20/h5-6H,3-4H2,1-2H3,(H,15,18)(H,19,20). The van der Waals surface area contributed by atoms with Gasteiger partial charge in [0.05, 0.1) is 21.6 Å². The molecule has 0 saturated heterocycles. The van der Waals surface area contributed by atoms with E-state index in [9.17, 15) is 14.7 Å². The first-order valence-corrected chi connectivity index (χ1v) is 6.52. The van der Waals surface area contributed by atoms with Gasteiger partial charge in [-0.25, -0.2) is 9.78 Å². The molecule has 6 nitrogen and oxygen atoms in total. The van der Waals surface area contributed by atoms with Crippen molar-refractivity contribution in [1.82, 2.24) is 14.9 Å². The molecule has 106 valence electrons. The second-order valence-electron chi connectivity index (χ2n) is 4.29. The zero-order valence-electron chi connectivity index (χ0n) is 11.1. The molecule has 0 aliphatic rings. The molecule has 0 spiro atoms. The lowest BCUT2D eigenvalue weighted by Crippen LogP contribution is -2.18. The van der Waals surface area contributed by atoms with Crippen LogP contribution in [0.5, 0.6) is 0 Å². The molecule has 0 unspecified atom stereocenters. The van der Waals surface area contributed by atoms with Crippen molar-refractivity contribution in [3.8, 4) is 0 Å². The maximum absolute atomic E-state index is 11.7. The molecule has 0 aliphatic carbocycles. The van der Waals surface area contributed by atoms with E-state index in [2.05, 4.69) is 10.3 Å². The van der Waals surface area contributed by atoms with Gasteiger partial charge in [-0.15, -0.1) is 0 Å². The molecule has 0 fully saturated rings. The molecule has 1 heterocycles. The molecular weight excluding hydrogens is 282 g/mol. The number of imidazole rings is 1. The predicted octanol–water partition coefficient (Wildman–Crippen LogP) is 2.16. The van der Waals surface area contributed by atoms with E-state index in [0.29, 0.717) is 17.6 Å². The number of nitrogens with one attached hydrogen (secondary N) is 1. The summed E-state index contributed by atoms with van der Waals surface area (Å²) in [5.41, 5.74) is 1.33. The van der Waals surface area contributed by atoms with Gasteiger partial charge in [-0.05, 0) is 18.6 Å². The number of halogens is 1. The molecule has 1 amide bonds. The Morgan fingerprint density at radius 1 is 1.45 bits per heavy atom. The second-order valence-corrected chi connectivity index (χ2v) is 4.70. The van der Waals surface area contributed by atoms with Crippen LogP contribution in [0.2, 0.25) is 5.02 Å². The van der Waals surface area contributed by atoms with Gasteiger partial charge in [0.1, 0.15) is 0 Å². The van der Waals surface area contributed by atoms with Crippen molar-refractivity contribution in [1.29, 1.82) is 0 Å². The Bertz CT molecular complexity index is 694. The van der Waals surface area contributed by atoms with Gasteiger partial charge in [0.25, 0.3) is 5.91 Å². The molecule has 0 aliphatic heterocycles. The number of carboxylic acids is 1. The number of carbonyl (C=O) groups is 2. The van der Waals surface area contributed by atoms with Crippen molar-refractivity contribution in [3.63, 3.8) is 0 Å². The highest BCUT2D eigenvalue weighted by Gasteiger charge is 2.19. The van der Waals surface area contributed by atoms with Crippen LogP contribution in [0, 0.1) is 0 Å². The third kappa shape index (κ3) is 2.34. The SMILES string of the molecule is CCCn1c(C(=O)O)nc2cc(C(=O)NC)c(Cl)cc21. The van der Waals surface area contributed by atoms with E-state index in [-0.39, 0.29) is 22.3 Å².